The topological polar surface area (TPSA) is 75.7 Å². The van der Waals surface area contributed by atoms with E-state index in [1.807, 2.05) is 0 Å². The number of carbonyl (C=O) groups is 1. The molecule has 1 N–H and O–H groups in total. The lowest BCUT2D eigenvalue weighted by atomic mass is 10.1. The van der Waals surface area contributed by atoms with Crippen LogP contribution in [-0.2, 0) is 14.8 Å². The zero-order valence-electron chi connectivity index (χ0n) is 13.9. The van der Waals surface area contributed by atoms with Gasteiger partial charge in [0.25, 0.3) is 0 Å². The molecular weight excluding hydrogens is 328 g/mol. The van der Waals surface area contributed by atoms with Crippen molar-refractivity contribution >= 4 is 16.0 Å². The fourth-order valence-electron chi connectivity index (χ4n) is 3.06. The minimum absolute atomic E-state index is 0.0289. The van der Waals surface area contributed by atoms with Crippen LogP contribution in [0.4, 0.5) is 0 Å². The summed E-state index contributed by atoms with van der Waals surface area (Å²) in [4.78, 5) is 11.9. The van der Waals surface area contributed by atoms with E-state index in [1.165, 1.54) is 36.4 Å². The number of piperidine rings is 1. The van der Waals surface area contributed by atoms with E-state index in [0.717, 1.165) is 25.3 Å². The molecular formula is C17H24N2O4S. The molecule has 1 aromatic carbocycles. The van der Waals surface area contributed by atoms with Crippen molar-refractivity contribution in [3.8, 4) is 0 Å². The van der Waals surface area contributed by atoms with E-state index in [2.05, 4.69) is 5.32 Å². The zero-order valence-corrected chi connectivity index (χ0v) is 14.7. The van der Waals surface area contributed by atoms with Crippen LogP contribution < -0.4 is 5.32 Å². The van der Waals surface area contributed by atoms with Gasteiger partial charge in [0, 0.05) is 19.1 Å². The SMILES string of the molecule is COC(=O)c1ccccc1S(=O)(=O)N1CCC(NCC2CC2)CC1. The van der Waals surface area contributed by atoms with Crippen molar-refractivity contribution in [2.24, 2.45) is 5.92 Å². The fourth-order valence-corrected chi connectivity index (χ4v) is 4.71. The summed E-state index contributed by atoms with van der Waals surface area (Å²) < 4.78 is 32.0. The van der Waals surface area contributed by atoms with Crippen molar-refractivity contribution in [2.75, 3.05) is 26.7 Å². The Morgan fingerprint density at radius 3 is 2.50 bits per heavy atom. The number of nitrogens with one attached hydrogen (secondary N) is 1. The molecule has 1 aliphatic carbocycles. The summed E-state index contributed by atoms with van der Waals surface area (Å²) in [5, 5.41) is 3.54. The first-order valence-electron chi connectivity index (χ1n) is 8.43. The van der Waals surface area contributed by atoms with E-state index in [1.54, 1.807) is 12.1 Å². The molecule has 0 atom stereocenters. The molecule has 2 aliphatic rings. The third-order valence-corrected chi connectivity index (χ3v) is 6.71. The first-order valence-corrected chi connectivity index (χ1v) is 9.87. The van der Waals surface area contributed by atoms with Crippen molar-refractivity contribution in [3.63, 3.8) is 0 Å². The molecule has 0 amide bonds. The van der Waals surface area contributed by atoms with Gasteiger partial charge in [-0.1, -0.05) is 12.1 Å². The molecule has 24 heavy (non-hydrogen) atoms. The second kappa shape index (κ2) is 7.21. The lowest BCUT2D eigenvalue weighted by molar-refractivity contribution is 0.0596. The van der Waals surface area contributed by atoms with E-state index in [4.69, 9.17) is 4.74 Å². The summed E-state index contributed by atoms with van der Waals surface area (Å²) >= 11 is 0. The summed E-state index contributed by atoms with van der Waals surface area (Å²) in [6.45, 7) is 1.99. The van der Waals surface area contributed by atoms with Gasteiger partial charge in [0.1, 0.15) is 0 Å². The van der Waals surface area contributed by atoms with Crippen LogP contribution in [0.1, 0.15) is 36.0 Å². The molecule has 1 saturated carbocycles. The Morgan fingerprint density at radius 1 is 1.21 bits per heavy atom. The standard InChI is InChI=1S/C17H24N2O4S/c1-23-17(20)15-4-2-3-5-16(15)24(21,22)19-10-8-14(9-11-19)18-12-13-6-7-13/h2-5,13-14,18H,6-12H2,1H3. The molecule has 0 radical (unpaired) electrons. The quantitative estimate of drug-likeness (QED) is 0.788. The molecule has 1 saturated heterocycles. The maximum absolute atomic E-state index is 12.9. The van der Waals surface area contributed by atoms with Crippen LogP contribution in [0.5, 0.6) is 0 Å². The summed E-state index contributed by atoms with van der Waals surface area (Å²) in [6, 6.07) is 6.61. The number of nitrogens with zero attached hydrogens (tertiary/aromatic N) is 1. The van der Waals surface area contributed by atoms with Crippen molar-refractivity contribution < 1.29 is 17.9 Å². The molecule has 0 bridgehead atoms. The normalized spacial score (nSPS) is 20.0. The van der Waals surface area contributed by atoms with Crippen molar-refractivity contribution in [1.82, 2.24) is 9.62 Å². The molecule has 0 spiro atoms. The number of hydrogen-bond donors (Lipinski definition) is 1. The Kier molecular flexibility index (Phi) is 5.22. The smallest absolute Gasteiger partial charge is 0.339 e. The average molecular weight is 352 g/mol. The summed E-state index contributed by atoms with van der Waals surface area (Å²) in [7, 11) is -2.43. The summed E-state index contributed by atoms with van der Waals surface area (Å²) in [5.41, 5.74) is 0.0916. The van der Waals surface area contributed by atoms with Gasteiger partial charge in [-0.2, -0.15) is 4.31 Å². The lowest BCUT2D eigenvalue weighted by Gasteiger charge is -2.32. The molecule has 132 valence electrons. The fraction of sp³-hybridized carbons (Fsp3) is 0.588. The lowest BCUT2D eigenvalue weighted by Crippen LogP contribution is -2.45. The van der Waals surface area contributed by atoms with Crippen molar-refractivity contribution in [1.29, 1.82) is 0 Å². The Bertz CT molecular complexity index is 692. The minimum atomic E-state index is -3.69. The zero-order chi connectivity index (χ0) is 17.2. The highest BCUT2D eigenvalue weighted by Gasteiger charge is 2.32. The van der Waals surface area contributed by atoms with Gasteiger partial charge in [-0.25, -0.2) is 13.2 Å². The first kappa shape index (κ1) is 17.4. The molecule has 7 heteroatoms. The van der Waals surface area contributed by atoms with Crippen LogP contribution in [0.15, 0.2) is 29.2 Å². The second-order valence-electron chi connectivity index (χ2n) is 6.52. The second-order valence-corrected chi connectivity index (χ2v) is 8.42. The Balaban J connectivity index is 1.69. The maximum Gasteiger partial charge on any atom is 0.339 e. The molecule has 6 nitrogen and oxygen atoms in total. The van der Waals surface area contributed by atoms with Crippen LogP contribution in [0, 0.1) is 5.92 Å². The summed E-state index contributed by atoms with van der Waals surface area (Å²) in [6.07, 6.45) is 4.22. The summed E-state index contributed by atoms with van der Waals surface area (Å²) in [5.74, 6) is 0.189. The Morgan fingerprint density at radius 2 is 1.88 bits per heavy atom. The largest absolute Gasteiger partial charge is 0.465 e. The van der Waals surface area contributed by atoms with E-state index < -0.39 is 16.0 Å². The van der Waals surface area contributed by atoms with Crippen LogP contribution >= 0.6 is 0 Å². The van der Waals surface area contributed by atoms with E-state index in [-0.39, 0.29) is 10.5 Å². The van der Waals surface area contributed by atoms with Gasteiger partial charge >= 0.3 is 5.97 Å². The number of sulfonamides is 1. The molecule has 1 aliphatic heterocycles. The van der Waals surface area contributed by atoms with E-state index >= 15 is 0 Å². The van der Waals surface area contributed by atoms with Crippen molar-refractivity contribution in [3.05, 3.63) is 29.8 Å². The highest BCUT2D eigenvalue weighted by Crippen LogP contribution is 2.28. The van der Waals surface area contributed by atoms with Crippen LogP contribution in [0.3, 0.4) is 0 Å². The average Bonchev–Trinajstić information content (AvgIpc) is 3.44. The van der Waals surface area contributed by atoms with E-state index in [0.29, 0.717) is 19.1 Å². The third-order valence-electron chi connectivity index (χ3n) is 4.76. The molecule has 1 heterocycles. The van der Waals surface area contributed by atoms with Gasteiger partial charge in [-0.05, 0) is 50.3 Å². The Hall–Kier alpha value is -1.44. The minimum Gasteiger partial charge on any atom is -0.465 e. The molecule has 2 fully saturated rings. The number of rotatable bonds is 6. The highest BCUT2D eigenvalue weighted by molar-refractivity contribution is 7.89. The molecule has 0 unspecified atom stereocenters. The van der Waals surface area contributed by atoms with Gasteiger partial charge < -0.3 is 10.1 Å². The first-order chi connectivity index (χ1) is 11.5. The third kappa shape index (κ3) is 3.79. The van der Waals surface area contributed by atoms with Crippen LogP contribution in [0.25, 0.3) is 0 Å². The van der Waals surface area contributed by atoms with Gasteiger partial charge in [0.2, 0.25) is 10.0 Å². The maximum atomic E-state index is 12.9. The van der Waals surface area contributed by atoms with Gasteiger partial charge in [-0.3, -0.25) is 0 Å². The van der Waals surface area contributed by atoms with Crippen LogP contribution in [-0.4, -0.2) is 51.5 Å². The predicted molar refractivity (Wildman–Crippen MR) is 90.3 cm³/mol. The number of methoxy groups -OCH3 is 1. The van der Waals surface area contributed by atoms with E-state index in [9.17, 15) is 13.2 Å². The number of benzene rings is 1. The molecule has 1 aromatic rings. The van der Waals surface area contributed by atoms with Gasteiger partial charge in [0.05, 0.1) is 17.6 Å². The van der Waals surface area contributed by atoms with Gasteiger partial charge in [-0.15, -0.1) is 0 Å². The monoisotopic (exact) mass is 352 g/mol. The Labute approximate surface area is 143 Å². The van der Waals surface area contributed by atoms with Crippen LogP contribution in [0.2, 0.25) is 0 Å². The molecule has 0 aromatic heterocycles. The predicted octanol–water partition coefficient (Wildman–Crippen LogP) is 1.63. The van der Waals surface area contributed by atoms with Gasteiger partial charge in [0.15, 0.2) is 0 Å². The number of esters is 1. The highest BCUT2D eigenvalue weighted by atomic mass is 32.2. The molecule has 3 rings (SSSR count). The number of ether oxygens (including phenoxy) is 1. The van der Waals surface area contributed by atoms with Crippen molar-refractivity contribution in [2.45, 2.75) is 36.6 Å². The number of hydrogen-bond acceptors (Lipinski definition) is 5. The number of carbonyl (C=O) groups excluding carboxylic acids is 1.